The Morgan fingerprint density at radius 1 is 1.24 bits per heavy atom. The van der Waals surface area contributed by atoms with Crippen LogP contribution >= 0.6 is 0 Å². The van der Waals surface area contributed by atoms with Gasteiger partial charge in [0.1, 0.15) is 0 Å². The van der Waals surface area contributed by atoms with Crippen molar-refractivity contribution in [2.75, 3.05) is 13.1 Å². The van der Waals surface area contributed by atoms with Crippen LogP contribution in [0.2, 0.25) is 0 Å². The van der Waals surface area contributed by atoms with Crippen LogP contribution in [0.1, 0.15) is 25.5 Å². The van der Waals surface area contributed by atoms with Crippen molar-refractivity contribution < 1.29 is 17.4 Å². The second-order valence-electron chi connectivity index (χ2n) is 5.54. The van der Waals surface area contributed by atoms with Crippen LogP contribution in [-0.4, -0.2) is 31.0 Å². The first-order valence-electron chi connectivity index (χ1n) is 7.00. The summed E-state index contributed by atoms with van der Waals surface area (Å²) in [5.41, 5.74) is 0.718. The minimum Gasteiger partial charge on any atom is -0.440 e. The zero-order valence-electron chi connectivity index (χ0n) is 12.1. The predicted octanol–water partition coefficient (Wildman–Crippen LogP) is 2.66. The number of aromatic nitrogens is 1. The van der Waals surface area contributed by atoms with Gasteiger partial charge in [-0.3, -0.25) is 0 Å². The highest BCUT2D eigenvalue weighted by atomic mass is 32.2. The second-order valence-corrected chi connectivity index (χ2v) is 7.41. The molecule has 7 heteroatoms. The standard InChI is InChI=1S/C14H18N2O4S/c1-10-5-7-16(8-6-10)21(17,18)14-4-3-12(19-14)13-9-11(2)15-20-13/h3-4,9-10H,5-8H2,1-2H3. The van der Waals surface area contributed by atoms with Crippen LogP contribution in [0, 0.1) is 12.8 Å². The fourth-order valence-corrected chi connectivity index (χ4v) is 3.80. The lowest BCUT2D eigenvalue weighted by Gasteiger charge is -2.28. The normalized spacial score (nSPS) is 18.2. The van der Waals surface area contributed by atoms with E-state index in [0.29, 0.717) is 30.5 Å². The number of aryl methyl sites for hydroxylation is 1. The number of hydrogen-bond donors (Lipinski definition) is 0. The Morgan fingerprint density at radius 3 is 2.57 bits per heavy atom. The summed E-state index contributed by atoms with van der Waals surface area (Å²) in [7, 11) is -3.56. The van der Waals surface area contributed by atoms with Crippen LogP contribution < -0.4 is 0 Å². The van der Waals surface area contributed by atoms with Gasteiger partial charge in [-0.25, -0.2) is 8.42 Å². The van der Waals surface area contributed by atoms with Gasteiger partial charge < -0.3 is 8.94 Å². The van der Waals surface area contributed by atoms with Gasteiger partial charge in [-0.15, -0.1) is 0 Å². The summed E-state index contributed by atoms with van der Waals surface area (Å²) in [5, 5.41) is 3.73. The lowest BCUT2D eigenvalue weighted by Crippen LogP contribution is -2.37. The molecule has 0 spiro atoms. The van der Waals surface area contributed by atoms with Gasteiger partial charge in [0, 0.05) is 19.2 Å². The molecular weight excluding hydrogens is 292 g/mol. The molecule has 21 heavy (non-hydrogen) atoms. The highest BCUT2D eigenvalue weighted by molar-refractivity contribution is 7.89. The molecular formula is C14H18N2O4S. The smallest absolute Gasteiger partial charge is 0.276 e. The van der Waals surface area contributed by atoms with Crippen LogP contribution in [0.15, 0.2) is 32.2 Å². The summed E-state index contributed by atoms with van der Waals surface area (Å²) in [4.78, 5) is 0. The average Bonchev–Trinajstić information content (AvgIpc) is 3.08. The van der Waals surface area contributed by atoms with E-state index < -0.39 is 10.0 Å². The van der Waals surface area contributed by atoms with E-state index in [0.717, 1.165) is 18.5 Å². The summed E-state index contributed by atoms with van der Waals surface area (Å²) in [6, 6.07) is 4.78. The van der Waals surface area contributed by atoms with Gasteiger partial charge in [0.2, 0.25) is 10.9 Å². The SMILES string of the molecule is Cc1cc(-c2ccc(S(=O)(=O)N3CCC(C)CC3)o2)on1. The van der Waals surface area contributed by atoms with Crippen LogP contribution in [0.3, 0.4) is 0 Å². The molecule has 1 fully saturated rings. The van der Waals surface area contributed by atoms with Crippen molar-refractivity contribution in [2.24, 2.45) is 5.92 Å². The highest BCUT2D eigenvalue weighted by Gasteiger charge is 2.31. The summed E-state index contributed by atoms with van der Waals surface area (Å²) < 4.78 is 37.1. The molecule has 0 unspecified atom stereocenters. The Balaban J connectivity index is 1.85. The quantitative estimate of drug-likeness (QED) is 0.871. The van der Waals surface area contributed by atoms with Gasteiger partial charge >= 0.3 is 0 Å². The lowest BCUT2D eigenvalue weighted by molar-refractivity contribution is 0.281. The third-order valence-corrected chi connectivity index (χ3v) is 5.56. The highest BCUT2D eigenvalue weighted by Crippen LogP contribution is 2.28. The van der Waals surface area contributed by atoms with Gasteiger partial charge in [-0.1, -0.05) is 12.1 Å². The maximum atomic E-state index is 12.5. The second kappa shape index (κ2) is 5.31. The first-order valence-corrected chi connectivity index (χ1v) is 8.44. The van der Waals surface area contributed by atoms with Crippen LogP contribution in [0.5, 0.6) is 0 Å². The van der Waals surface area contributed by atoms with Crippen molar-refractivity contribution in [2.45, 2.75) is 31.8 Å². The van der Waals surface area contributed by atoms with Crippen LogP contribution in [-0.2, 0) is 10.0 Å². The van der Waals surface area contributed by atoms with Gasteiger partial charge in [0.15, 0.2) is 5.76 Å². The maximum absolute atomic E-state index is 12.5. The molecule has 0 radical (unpaired) electrons. The molecule has 114 valence electrons. The van der Waals surface area contributed by atoms with E-state index in [1.54, 1.807) is 19.1 Å². The number of rotatable bonds is 3. The number of sulfonamides is 1. The molecule has 0 atom stereocenters. The molecule has 1 aliphatic heterocycles. The molecule has 0 aromatic carbocycles. The summed E-state index contributed by atoms with van der Waals surface area (Å²) in [6.45, 7) is 5.02. The Hall–Kier alpha value is -1.60. The topological polar surface area (TPSA) is 76.6 Å². The Morgan fingerprint density at radius 2 is 1.95 bits per heavy atom. The fraction of sp³-hybridized carbons (Fsp3) is 0.500. The molecule has 1 saturated heterocycles. The summed E-state index contributed by atoms with van der Waals surface area (Å²) >= 11 is 0. The monoisotopic (exact) mass is 310 g/mol. The summed E-state index contributed by atoms with van der Waals surface area (Å²) in [6.07, 6.45) is 1.77. The van der Waals surface area contributed by atoms with Gasteiger partial charge in [-0.2, -0.15) is 4.31 Å². The molecule has 3 rings (SSSR count). The third kappa shape index (κ3) is 2.75. The number of piperidine rings is 1. The lowest BCUT2D eigenvalue weighted by atomic mass is 10.0. The Bertz CT molecular complexity index is 724. The Labute approximate surface area is 123 Å². The molecule has 2 aromatic rings. The van der Waals surface area contributed by atoms with Gasteiger partial charge in [0.05, 0.1) is 5.69 Å². The first kappa shape index (κ1) is 14.3. The average molecular weight is 310 g/mol. The molecule has 0 amide bonds. The molecule has 0 bridgehead atoms. The zero-order chi connectivity index (χ0) is 15.0. The molecule has 3 heterocycles. The van der Waals surface area contributed by atoms with E-state index in [4.69, 9.17) is 8.94 Å². The zero-order valence-corrected chi connectivity index (χ0v) is 12.9. The van der Waals surface area contributed by atoms with Crippen LogP contribution in [0.4, 0.5) is 0 Å². The third-order valence-electron chi connectivity index (χ3n) is 3.79. The van der Waals surface area contributed by atoms with Crippen molar-refractivity contribution in [3.8, 4) is 11.5 Å². The first-order chi connectivity index (χ1) is 9.96. The van der Waals surface area contributed by atoms with Crippen molar-refractivity contribution >= 4 is 10.0 Å². The van der Waals surface area contributed by atoms with Crippen molar-refractivity contribution in [1.29, 1.82) is 0 Å². The number of furan rings is 1. The predicted molar refractivity (Wildman–Crippen MR) is 76.1 cm³/mol. The minimum absolute atomic E-state index is 0.0406. The van der Waals surface area contributed by atoms with Gasteiger partial charge in [-0.05, 0) is 37.8 Å². The fourth-order valence-electron chi connectivity index (χ4n) is 2.42. The van der Waals surface area contributed by atoms with E-state index in [1.165, 1.54) is 10.4 Å². The van der Waals surface area contributed by atoms with Gasteiger partial charge in [0.25, 0.3) is 10.0 Å². The van der Waals surface area contributed by atoms with E-state index in [9.17, 15) is 8.42 Å². The Kier molecular flexibility index (Phi) is 3.62. The van der Waals surface area contributed by atoms with Crippen molar-refractivity contribution in [3.63, 3.8) is 0 Å². The minimum atomic E-state index is -3.56. The maximum Gasteiger partial charge on any atom is 0.276 e. The molecule has 1 aliphatic rings. The largest absolute Gasteiger partial charge is 0.440 e. The number of nitrogens with zero attached hydrogens (tertiary/aromatic N) is 2. The summed E-state index contributed by atoms with van der Waals surface area (Å²) in [5.74, 6) is 1.38. The van der Waals surface area contributed by atoms with E-state index in [2.05, 4.69) is 12.1 Å². The van der Waals surface area contributed by atoms with Crippen LogP contribution in [0.25, 0.3) is 11.5 Å². The van der Waals surface area contributed by atoms with E-state index >= 15 is 0 Å². The molecule has 0 aliphatic carbocycles. The molecule has 2 aromatic heterocycles. The number of hydrogen-bond acceptors (Lipinski definition) is 5. The van der Waals surface area contributed by atoms with E-state index in [-0.39, 0.29) is 5.09 Å². The molecule has 0 N–H and O–H groups in total. The van der Waals surface area contributed by atoms with Crippen molar-refractivity contribution in [3.05, 3.63) is 23.9 Å². The van der Waals surface area contributed by atoms with Crippen molar-refractivity contribution in [1.82, 2.24) is 9.46 Å². The molecule has 6 nitrogen and oxygen atoms in total. The molecule has 0 saturated carbocycles. The van der Waals surface area contributed by atoms with E-state index in [1.807, 2.05) is 0 Å².